The number of hydrogen-bond acceptors (Lipinski definition) is 4. The van der Waals surface area contributed by atoms with Gasteiger partial charge in [0.05, 0.1) is 12.7 Å². The first kappa shape index (κ1) is 20.9. The van der Waals surface area contributed by atoms with Gasteiger partial charge in [0, 0.05) is 12.8 Å². The van der Waals surface area contributed by atoms with E-state index in [1.54, 1.807) is 0 Å². The Morgan fingerprint density at radius 3 is 1.91 bits per heavy atom. The van der Waals surface area contributed by atoms with Crippen molar-refractivity contribution in [1.29, 1.82) is 0 Å². The lowest BCUT2D eigenvalue weighted by Crippen LogP contribution is -2.12. The largest absolute Gasteiger partial charge is 0.466 e. The molecule has 4 heteroatoms. The molecule has 0 aromatic heterocycles. The molecule has 130 valence electrons. The van der Waals surface area contributed by atoms with E-state index in [-0.39, 0.29) is 24.5 Å². The zero-order valence-electron chi connectivity index (χ0n) is 14.7. The summed E-state index contributed by atoms with van der Waals surface area (Å²) in [6.45, 7) is 6.36. The third-order valence-electron chi connectivity index (χ3n) is 3.39. The van der Waals surface area contributed by atoms with Crippen molar-refractivity contribution >= 4 is 11.9 Å². The Balaban J connectivity index is 3.31. The molecule has 0 aromatic rings. The van der Waals surface area contributed by atoms with E-state index < -0.39 is 0 Å². The summed E-state index contributed by atoms with van der Waals surface area (Å²) < 4.78 is 10.2. The molecule has 0 atom stereocenters. The Labute approximate surface area is 135 Å². The molecule has 0 aliphatic heterocycles. The topological polar surface area (TPSA) is 52.6 Å². The van der Waals surface area contributed by atoms with Gasteiger partial charge in [0.15, 0.2) is 0 Å². The van der Waals surface area contributed by atoms with E-state index in [0.717, 1.165) is 12.8 Å². The molecule has 0 heterocycles. The molecular weight excluding hydrogens is 280 g/mol. The first-order chi connectivity index (χ1) is 10.6. The van der Waals surface area contributed by atoms with Crippen molar-refractivity contribution in [3.63, 3.8) is 0 Å². The van der Waals surface area contributed by atoms with Gasteiger partial charge in [-0.25, -0.2) is 0 Å². The predicted molar refractivity (Wildman–Crippen MR) is 88.6 cm³/mol. The summed E-state index contributed by atoms with van der Waals surface area (Å²) in [5.41, 5.74) is 0. The van der Waals surface area contributed by atoms with E-state index >= 15 is 0 Å². The van der Waals surface area contributed by atoms with Crippen molar-refractivity contribution in [2.75, 3.05) is 6.61 Å². The number of carbonyl (C=O) groups excluding carboxylic acids is 2. The molecule has 0 saturated heterocycles. The van der Waals surface area contributed by atoms with Crippen LogP contribution in [-0.2, 0) is 19.1 Å². The van der Waals surface area contributed by atoms with Crippen LogP contribution in [0.4, 0.5) is 0 Å². The summed E-state index contributed by atoms with van der Waals surface area (Å²) in [4.78, 5) is 22.8. The lowest BCUT2D eigenvalue weighted by Gasteiger charge is -2.07. The molecular formula is C18H34O4. The summed E-state index contributed by atoms with van der Waals surface area (Å²) >= 11 is 0. The molecule has 4 nitrogen and oxygen atoms in total. The summed E-state index contributed by atoms with van der Waals surface area (Å²) in [5.74, 6) is -0.453. The quantitative estimate of drug-likeness (QED) is 0.341. The summed E-state index contributed by atoms with van der Waals surface area (Å²) in [5, 5.41) is 0. The van der Waals surface area contributed by atoms with Crippen LogP contribution in [0.25, 0.3) is 0 Å². The second-order valence-corrected chi connectivity index (χ2v) is 6.09. The average molecular weight is 314 g/mol. The normalized spacial score (nSPS) is 10.7. The Morgan fingerprint density at radius 1 is 0.773 bits per heavy atom. The fourth-order valence-corrected chi connectivity index (χ4v) is 2.19. The van der Waals surface area contributed by atoms with Crippen molar-refractivity contribution in [1.82, 2.24) is 0 Å². The monoisotopic (exact) mass is 314 g/mol. The van der Waals surface area contributed by atoms with Crippen LogP contribution < -0.4 is 0 Å². The molecule has 0 amide bonds. The fraction of sp³-hybridized carbons (Fsp3) is 0.889. The molecule has 22 heavy (non-hydrogen) atoms. The summed E-state index contributed by atoms with van der Waals surface area (Å²) in [7, 11) is 0. The highest BCUT2D eigenvalue weighted by Gasteiger charge is 2.08. The minimum Gasteiger partial charge on any atom is -0.466 e. The van der Waals surface area contributed by atoms with E-state index in [1.165, 1.54) is 38.5 Å². The van der Waals surface area contributed by atoms with E-state index in [9.17, 15) is 9.59 Å². The van der Waals surface area contributed by atoms with Gasteiger partial charge in [0.2, 0.25) is 0 Å². The lowest BCUT2D eigenvalue weighted by molar-refractivity contribution is -0.148. The Hall–Kier alpha value is -1.06. The first-order valence-electron chi connectivity index (χ1n) is 8.91. The van der Waals surface area contributed by atoms with Crippen LogP contribution in [0.15, 0.2) is 0 Å². The van der Waals surface area contributed by atoms with Crippen LogP contribution in [-0.4, -0.2) is 24.6 Å². The highest BCUT2D eigenvalue weighted by atomic mass is 16.5. The van der Waals surface area contributed by atoms with Crippen LogP contribution in [0.3, 0.4) is 0 Å². The molecule has 0 fully saturated rings. The van der Waals surface area contributed by atoms with E-state index in [1.807, 2.05) is 13.8 Å². The molecule has 0 aromatic carbocycles. The van der Waals surface area contributed by atoms with Crippen molar-refractivity contribution in [2.45, 2.75) is 97.5 Å². The standard InChI is InChI=1S/C18H34O4/c1-4-5-6-7-8-9-10-11-15-21-17(19)13-12-14-18(20)22-16(2)3/h16H,4-15H2,1-3H3. The van der Waals surface area contributed by atoms with Crippen LogP contribution in [0, 0.1) is 0 Å². The average Bonchev–Trinajstić information content (AvgIpc) is 2.44. The molecule has 0 spiro atoms. The minimum absolute atomic E-state index is 0.0959. The smallest absolute Gasteiger partial charge is 0.306 e. The molecule has 0 unspecified atom stereocenters. The molecule has 0 N–H and O–H groups in total. The van der Waals surface area contributed by atoms with Crippen LogP contribution in [0.1, 0.15) is 91.4 Å². The number of hydrogen-bond donors (Lipinski definition) is 0. The SMILES string of the molecule is CCCCCCCCCCOC(=O)CCCC(=O)OC(C)C. The van der Waals surface area contributed by atoms with Gasteiger partial charge in [0.1, 0.15) is 0 Å². The van der Waals surface area contributed by atoms with Gasteiger partial charge in [-0.05, 0) is 26.7 Å². The van der Waals surface area contributed by atoms with Crippen molar-refractivity contribution in [3.8, 4) is 0 Å². The lowest BCUT2D eigenvalue weighted by atomic mass is 10.1. The van der Waals surface area contributed by atoms with E-state index in [2.05, 4.69) is 6.92 Å². The van der Waals surface area contributed by atoms with Gasteiger partial charge in [0.25, 0.3) is 0 Å². The summed E-state index contributed by atoms with van der Waals surface area (Å²) in [6, 6.07) is 0. The zero-order chi connectivity index (χ0) is 16.6. The highest BCUT2D eigenvalue weighted by molar-refractivity contribution is 5.72. The predicted octanol–water partition coefficient (Wildman–Crippen LogP) is 4.79. The molecule has 0 aliphatic rings. The maximum Gasteiger partial charge on any atom is 0.306 e. The summed E-state index contributed by atoms with van der Waals surface area (Å²) in [6.07, 6.45) is 10.8. The molecule has 0 saturated carbocycles. The molecule has 0 radical (unpaired) electrons. The zero-order valence-corrected chi connectivity index (χ0v) is 14.7. The molecule has 0 bridgehead atoms. The van der Waals surface area contributed by atoms with E-state index in [4.69, 9.17) is 9.47 Å². The number of esters is 2. The molecule has 0 aliphatic carbocycles. The van der Waals surface area contributed by atoms with Gasteiger partial charge in [-0.2, -0.15) is 0 Å². The number of rotatable bonds is 14. The second kappa shape index (κ2) is 14.9. The van der Waals surface area contributed by atoms with Crippen molar-refractivity contribution in [2.24, 2.45) is 0 Å². The van der Waals surface area contributed by atoms with Crippen LogP contribution in [0.2, 0.25) is 0 Å². The number of carbonyl (C=O) groups is 2. The van der Waals surface area contributed by atoms with Crippen molar-refractivity contribution < 1.29 is 19.1 Å². The minimum atomic E-state index is -0.245. The van der Waals surface area contributed by atoms with Gasteiger partial charge in [-0.1, -0.05) is 51.9 Å². The maximum absolute atomic E-state index is 11.5. The fourth-order valence-electron chi connectivity index (χ4n) is 2.19. The second-order valence-electron chi connectivity index (χ2n) is 6.09. The number of ether oxygens (including phenoxy) is 2. The third-order valence-corrected chi connectivity index (χ3v) is 3.39. The third kappa shape index (κ3) is 15.3. The Bertz CT molecular complexity index is 287. The van der Waals surface area contributed by atoms with Gasteiger partial charge in [-0.3, -0.25) is 9.59 Å². The van der Waals surface area contributed by atoms with Crippen LogP contribution >= 0.6 is 0 Å². The highest BCUT2D eigenvalue weighted by Crippen LogP contribution is 2.08. The van der Waals surface area contributed by atoms with Gasteiger partial charge in [-0.15, -0.1) is 0 Å². The number of unbranched alkanes of at least 4 members (excludes halogenated alkanes) is 7. The molecule has 0 rings (SSSR count). The first-order valence-corrected chi connectivity index (χ1v) is 8.91. The van der Waals surface area contributed by atoms with Gasteiger partial charge < -0.3 is 9.47 Å². The maximum atomic E-state index is 11.5. The van der Waals surface area contributed by atoms with Crippen LogP contribution in [0.5, 0.6) is 0 Å². The Kier molecular flexibility index (Phi) is 14.1. The van der Waals surface area contributed by atoms with Crippen molar-refractivity contribution in [3.05, 3.63) is 0 Å². The Morgan fingerprint density at radius 2 is 1.32 bits per heavy atom. The van der Waals surface area contributed by atoms with Gasteiger partial charge >= 0.3 is 11.9 Å². The van der Waals surface area contributed by atoms with E-state index in [0.29, 0.717) is 19.4 Å².